The van der Waals surface area contributed by atoms with Gasteiger partial charge >= 0.3 is 39.3 Å². The maximum Gasteiger partial charge on any atom is 0.522 e. The van der Waals surface area contributed by atoms with Crippen LogP contribution in [0.1, 0.15) is 99.1 Å². The first-order valence-electron chi connectivity index (χ1n) is 31.6. The van der Waals surface area contributed by atoms with Gasteiger partial charge in [-0.25, -0.2) is 4.98 Å². The number of phenols is 1. The van der Waals surface area contributed by atoms with Crippen molar-refractivity contribution in [1.82, 2.24) is 9.88 Å². The molecule has 0 radical (unpaired) electrons. The summed E-state index contributed by atoms with van der Waals surface area (Å²) in [4.78, 5) is 133. The molecule has 2 amide bonds. The summed E-state index contributed by atoms with van der Waals surface area (Å²) in [6.45, 7) is 19.9. The van der Waals surface area contributed by atoms with Crippen LogP contribution in [0, 0.1) is 36.5 Å². The van der Waals surface area contributed by atoms with Crippen LogP contribution >= 0.6 is 15.6 Å². The summed E-state index contributed by atoms with van der Waals surface area (Å²) in [7, 11) is -6.67. The number of nitrogens with one attached hydrogen (secondary N) is 2. The zero-order chi connectivity index (χ0) is 70.4. The molecule has 1 aromatic heterocycles. The number of hydrogen-bond acceptors (Lipinski definition) is 22. The molecule has 27 nitrogen and oxygen atoms in total. The number of nitrogens with zero attached hydrogens (tertiary/aromatic N) is 3. The Kier molecular flexibility index (Phi) is 23.7. The van der Waals surface area contributed by atoms with Crippen LogP contribution < -0.4 is 36.3 Å². The SMILES string of the molecule is CO[C@H]1/C=C/O[C@@]2(C)Oc3c(C)c(O)c4c(=O)c(c5oc6cc(N7CCN(CC(C)C)CC7)cc(=O)c6nc5c4c3=C2O)NC(=O)/C(C)=C\C=C\[C@H](C)[C@H](OC(=O)CCCOC(=O)CCC(=O)Nc2ccc(CC([P+](=O)O)P(=O)(O)O)cc2)[C@@H](C)[C@@H](O)[C@@H](C)[C@H](OC(C)=O)[C@@H]1C. The Morgan fingerprint density at radius 3 is 2.21 bits per heavy atom. The van der Waals surface area contributed by atoms with Gasteiger partial charge in [-0.3, -0.25) is 43.0 Å². The molecule has 5 heterocycles. The third-order valence-electron chi connectivity index (χ3n) is 17.7. The number of amides is 2. The van der Waals surface area contributed by atoms with Crippen LogP contribution in [0.5, 0.6) is 11.5 Å². The van der Waals surface area contributed by atoms with E-state index in [0.717, 1.165) is 19.6 Å². The van der Waals surface area contributed by atoms with Gasteiger partial charge in [0, 0.05) is 137 Å². The van der Waals surface area contributed by atoms with Crippen LogP contribution in [0.25, 0.3) is 38.7 Å². The maximum atomic E-state index is 15.2. The van der Waals surface area contributed by atoms with Crippen molar-refractivity contribution in [2.75, 3.05) is 62.0 Å². The first-order chi connectivity index (χ1) is 45.2. The first kappa shape index (κ1) is 73.7. The molecule has 11 atom stereocenters. The quantitative estimate of drug-likeness (QED) is 0.0106. The number of rotatable bonds is 18. The molecule has 0 saturated carbocycles. The Morgan fingerprint density at radius 1 is 0.896 bits per heavy atom. The number of carbonyl (C=O) groups excluding carboxylic acids is 5. The molecule has 4 aliphatic heterocycles. The highest BCUT2D eigenvalue weighted by Gasteiger charge is 2.47. The normalized spacial score (nSPS) is 24.8. The number of fused-ring (bicyclic) bond motifs is 14. The Balaban J connectivity index is 1.08. The summed E-state index contributed by atoms with van der Waals surface area (Å²) in [6.07, 6.45) is 1.43. The minimum atomic E-state index is -4.88. The summed E-state index contributed by atoms with van der Waals surface area (Å²) >= 11 is 0. The number of benzene rings is 4. The van der Waals surface area contributed by atoms with E-state index in [9.17, 15) is 67.9 Å². The number of ether oxygens (including phenoxy) is 6. The Hall–Kier alpha value is -8.13. The molecule has 2 unspecified atom stereocenters. The Labute approximate surface area is 554 Å². The second-order valence-electron chi connectivity index (χ2n) is 25.3. The standard InChI is InChI=1S/C67H83N5O22P2/c1-34(2)33-71-24-26-72(27-25-71)44-31-45(74)55-47(32-44)92-64-56(69-55)52-53-59(79)40(8)63-54(52)65(81)67(10,94-63)90-29-23-46(88-11)37(5)62(91-41(9)73)39(7)58(78)38(6)61(35(3)14-12-15-36(4)66(82)70-57(64)60(53)80)93-50(77)16-13-28-89-49(76)22-21-48(75)68-43-19-17-42(18-20-43)30-51(95(83)84)96(85,86)87/h12,14-15,17-20,23,29,31-32,34-35,37-39,46,51,58,61-62,78H,13,16,21-22,24-28,30,33H2,1-11H3,(H6-,68,69,70,74,75,79,80,81,82,83,84,85,86,87)/p+1/b14-12+,29-23+,36-15-/t35-,37+,38-,39+,46-,51?,58+,61-,62+,67-/m0/s1. The molecule has 0 spiro atoms. The Morgan fingerprint density at radius 2 is 1.57 bits per heavy atom. The van der Waals surface area contributed by atoms with Crippen LogP contribution in [0.15, 0.2) is 86.5 Å². The van der Waals surface area contributed by atoms with Gasteiger partial charge in [0.15, 0.2) is 22.4 Å². The number of piperazine rings is 1. The smallest absolute Gasteiger partial charge is 0.507 e. The monoisotopic (exact) mass is 1370 g/mol. The summed E-state index contributed by atoms with van der Waals surface area (Å²) in [5.74, 6) is -9.73. The number of carbonyl (C=O) groups is 5. The molecule has 96 heavy (non-hydrogen) atoms. The number of allylic oxidation sites excluding steroid dienone is 2. The van der Waals surface area contributed by atoms with Crippen LogP contribution in [0.3, 0.4) is 0 Å². The van der Waals surface area contributed by atoms with E-state index in [-0.39, 0.29) is 94.1 Å². The summed E-state index contributed by atoms with van der Waals surface area (Å²) in [6, 6.07) is 8.78. The van der Waals surface area contributed by atoms with Crippen molar-refractivity contribution in [2.24, 2.45) is 29.6 Å². The zero-order valence-corrected chi connectivity index (χ0v) is 57.1. The summed E-state index contributed by atoms with van der Waals surface area (Å²) in [5.41, 5.74) is -1.41. The number of aromatic nitrogens is 1. The average Bonchev–Trinajstić information content (AvgIpc) is 1.39. The van der Waals surface area contributed by atoms with E-state index in [1.807, 2.05) is 4.90 Å². The highest BCUT2D eigenvalue weighted by Crippen LogP contribution is 2.53. The number of phenolic OH excluding ortho intramolecular Hbond substituents is 1. The lowest BCUT2D eigenvalue weighted by Gasteiger charge is -2.39. The van der Waals surface area contributed by atoms with Crippen LogP contribution in [-0.2, 0) is 63.2 Å². The fraction of sp³-hybridized carbons (Fsp3) is 0.493. The van der Waals surface area contributed by atoms with Crippen molar-refractivity contribution in [1.29, 1.82) is 0 Å². The van der Waals surface area contributed by atoms with Gasteiger partial charge in [0.25, 0.3) is 11.3 Å². The fourth-order valence-corrected chi connectivity index (χ4v) is 14.2. The zero-order valence-electron chi connectivity index (χ0n) is 55.4. The second-order valence-corrected chi connectivity index (χ2v) is 28.8. The van der Waals surface area contributed by atoms with Gasteiger partial charge < -0.3 is 73.5 Å². The van der Waals surface area contributed by atoms with Crippen LogP contribution in [-0.4, -0.2) is 152 Å². The number of aliphatic hydroxyl groups is 2. The van der Waals surface area contributed by atoms with Crippen LogP contribution in [0.4, 0.5) is 17.1 Å². The van der Waals surface area contributed by atoms with E-state index in [2.05, 4.69) is 29.4 Å². The van der Waals surface area contributed by atoms with E-state index in [0.29, 0.717) is 30.3 Å². The van der Waals surface area contributed by atoms with Gasteiger partial charge in [-0.1, -0.05) is 71.9 Å². The minimum Gasteiger partial charge on any atom is -0.507 e. The molecule has 4 aromatic carbocycles. The third-order valence-corrected chi connectivity index (χ3v) is 20.8. The largest absolute Gasteiger partial charge is 0.522 e. The van der Waals surface area contributed by atoms with Crippen molar-refractivity contribution in [3.63, 3.8) is 0 Å². The molecule has 9 rings (SSSR count). The Bertz CT molecular complexity index is 4140. The predicted molar refractivity (Wildman–Crippen MR) is 356 cm³/mol. The summed E-state index contributed by atoms with van der Waals surface area (Å²) < 4.78 is 65.6. The molecule has 5 aromatic rings. The average molecular weight is 1370 g/mol. The van der Waals surface area contributed by atoms with Crippen molar-refractivity contribution in [2.45, 2.75) is 137 Å². The van der Waals surface area contributed by atoms with Gasteiger partial charge in [0.05, 0.1) is 42.1 Å². The van der Waals surface area contributed by atoms with E-state index < -0.39 is 138 Å². The van der Waals surface area contributed by atoms with Gasteiger partial charge in [-0.15, -0.1) is 0 Å². The molecule has 0 aliphatic carbocycles. The van der Waals surface area contributed by atoms with Crippen molar-refractivity contribution >= 4 is 101 Å². The number of hydrogen-bond donors (Lipinski definition) is 8. The molecular weight excluding hydrogens is 1290 g/mol. The molecular formula is C67H84N5O22P2+. The highest BCUT2D eigenvalue weighted by atomic mass is 31.2. The van der Waals surface area contributed by atoms with Crippen molar-refractivity contribution < 1.29 is 95.9 Å². The van der Waals surface area contributed by atoms with E-state index in [1.54, 1.807) is 39.8 Å². The highest BCUT2D eigenvalue weighted by molar-refractivity contribution is 7.65. The molecule has 4 aliphatic rings. The van der Waals surface area contributed by atoms with E-state index in [1.165, 1.54) is 89.6 Å². The van der Waals surface area contributed by atoms with E-state index in [4.69, 9.17) is 37.8 Å². The topological polar surface area (TPSA) is 387 Å². The molecule has 8 N–H and O–H groups in total. The number of aromatic hydroxyl groups is 1. The second kappa shape index (κ2) is 30.9. The fourth-order valence-electron chi connectivity index (χ4n) is 12.4. The van der Waals surface area contributed by atoms with Gasteiger partial charge in [0.2, 0.25) is 16.8 Å². The van der Waals surface area contributed by atoms with Gasteiger partial charge in [0.1, 0.15) is 34.9 Å². The summed E-state index contributed by atoms with van der Waals surface area (Å²) in [5, 5.41) is 39.5. The van der Waals surface area contributed by atoms with Crippen LogP contribution in [0.2, 0.25) is 0 Å². The predicted octanol–water partition coefficient (Wildman–Crippen LogP) is 7.41. The van der Waals surface area contributed by atoms with Gasteiger partial charge in [-0.2, -0.15) is 4.89 Å². The lowest BCUT2D eigenvalue weighted by Crippen LogP contribution is -2.47. The lowest BCUT2D eigenvalue weighted by molar-refractivity contribution is -0.166. The van der Waals surface area contributed by atoms with Gasteiger partial charge in [-0.05, 0) is 54.5 Å². The number of anilines is 3. The number of methoxy groups -OCH3 is 1. The molecule has 5 bridgehead atoms. The maximum absolute atomic E-state index is 15.2. The molecule has 1 fully saturated rings. The lowest BCUT2D eigenvalue weighted by atomic mass is 9.78. The van der Waals surface area contributed by atoms with Crippen molar-refractivity contribution in [3.05, 3.63) is 109 Å². The van der Waals surface area contributed by atoms with Crippen molar-refractivity contribution in [3.8, 4) is 11.5 Å². The first-order valence-corrected chi connectivity index (χ1v) is 34.6. The molecule has 1 saturated heterocycles. The van der Waals surface area contributed by atoms with E-state index >= 15 is 4.79 Å². The number of esters is 3. The third kappa shape index (κ3) is 16.8. The molecule has 29 heteroatoms. The minimum absolute atomic E-state index is 0.000878. The number of aliphatic hydroxyl groups excluding tert-OH is 2. The molecule has 518 valence electrons.